The van der Waals surface area contributed by atoms with Gasteiger partial charge < -0.3 is 4.74 Å². The SMILES string of the molecule is O=C(COc1ccccc1)Cc1ccc(F)c(F)c1. The molecule has 0 atom stereocenters. The highest BCUT2D eigenvalue weighted by Gasteiger charge is 2.08. The third-order valence-corrected chi connectivity index (χ3v) is 2.53. The lowest BCUT2D eigenvalue weighted by atomic mass is 10.1. The maximum Gasteiger partial charge on any atom is 0.174 e. The van der Waals surface area contributed by atoms with E-state index in [1.165, 1.54) is 6.07 Å². The highest BCUT2D eigenvalue weighted by Crippen LogP contribution is 2.11. The summed E-state index contributed by atoms with van der Waals surface area (Å²) < 4.78 is 31.0. The summed E-state index contributed by atoms with van der Waals surface area (Å²) in [7, 11) is 0. The first-order chi connectivity index (χ1) is 9.15. The second kappa shape index (κ2) is 6.09. The van der Waals surface area contributed by atoms with E-state index in [9.17, 15) is 13.6 Å². The maximum absolute atomic E-state index is 13.0. The number of para-hydroxylation sites is 1. The standard InChI is InChI=1S/C15H12F2O2/c16-14-7-6-11(9-15(14)17)8-12(18)10-19-13-4-2-1-3-5-13/h1-7,9H,8,10H2. The number of carbonyl (C=O) groups is 1. The summed E-state index contributed by atoms with van der Waals surface area (Å²) in [6.07, 6.45) is 0.0179. The van der Waals surface area contributed by atoms with Gasteiger partial charge in [0.25, 0.3) is 0 Å². The van der Waals surface area contributed by atoms with E-state index in [1.54, 1.807) is 24.3 Å². The molecule has 0 saturated carbocycles. The Balaban J connectivity index is 1.89. The van der Waals surface area contributed by atoms with Gasteiger partial charge in [0.05, 0.1) is 0 Å². The second-order valence-electron chi connectivity index (χ2n) is 4.07. The molecule has 19 heavy (non-hydrogen) atoms. The van der Waals surface area contributed by atoms with Crippen molar-refractivity contribution < 1.29 is 18.3 Å². The van der Waals surface area contributed by atoms with E-state index in [4.69, 9.17) is 4.74 Å². The molecule has 0 aliphatic carbocycles. The van der Waals surface area contributed by atoms with Crippen molar-refractivity contribution in [1.29, 1.82) is 0 Å². The molecule has 0 N–H and O–H groups in total. The van der Waals surface area contributed by atoms with E-state index in [-0.39, 0.29) is 18.8 Å². The average molecular weight is 262 g/mol. The van der Waals surface area contributed by atoms with Gasteiger partial charge in [-0.2, -0.15) is 0 Å². The summed E-state index contributed by atoms with van der Waals surface area (Å²) >= 11 is 0. The lowest BCUT2D eigenvalue weighted by Crippen LogP contribution is -2.14. The van der Waals surface area contributed by atoms with Crippen molar-refractivity contribution in [2.75, 3.05) is 6.61 Å². The zero-order valence-corrected chi connectivity index (χ0v) is 10.1. The molecule has 2 aromatic carbocycles. The number of halogens is 2. The summed E-state index contributed by atoms with van der Waals surface area (Å²) in [5.41, 5.74) is 0.431. The molecule has 2 nitrogen and oxygen atoms in total. The van der Waals surface area contributed by atoms with Crippen molar-refractivity contribution in [3.8, 4) is 5.75 Å². The third kappa shape index (κ3) is 3.88. The smallest absolute Gasteiger partial charge is 0.174 e. The minimum atomic E-state index is -0.950. The minimum Gasteiger partial charge on any atom is -0.486 e. The van der Waals surface area contributed by atoms with E-state index in [2.05, 4.69) is 0 Å². The molecule has 0 aromatic heterocycles. The van der Waals surface area contributed by atoms with Crippen molar-refractivity contribution in [1.82, 2.24) is 0 Å². The molecule has 0 radical (unpaired) electrons. The topological polar surface area (TPSA) is 26.3 Å². The van der Waals surface area contributed by atoms with Crippen LogP contribution in [0.25, 0.3) is 0 Å². The Morgan fingerprint density at radius 1 is 1.00 bits per heavy atom. The zero-order chi connectivity index (χ0) is 13.7. The number of hydrogen-bond donors (Lipinski definition) is 0. The van der Waals surface area contributed by atoms with Crippen molar-refractivity contribution in [3.63, 3.8) is 0 Å². The molecule has 2 aromatic rings. The lowest BCUT2D eigenvalue weighted by molar-refractivity contribution is -0.120. The average Bonchev–Trinajstić information content (AvgIpc) is 2.42. The number of ether oxygens (including phenoxy) is 1. The number of carbonyl (C=O) groups excluding carboxylic acids is 1. The van der Waals surface area contributed by atoms with Gasteiger partial charge in [0.1, 0.15) is 12.4 Å². The molecule has 0 aliphatic heterocycles. The first-order valence-electron chi connectivity index (χ1n) is 5.78. The molecule has 2 rings (SSSR count). The second-order valence-corrected chi connectivity index (χ2v) is 4.07. The van der Waals surface area contributed by atoms with Crippen molar-refractivity contribution >= 4 is 5.78 Å². The fraction of sp³-hybridized carbons (Fsp3) is 0.133. The predicted octanol–water partition coefficient (Wildman–Crippen LogP) is 3.16. The Hall–Kier alpha value is -2.23. The molecule has 0 aliphatic rings. The number of Topliss-reactive ketones (excluding diaryl/α,β-unsaturated/α-hetero) is 1. The van der Waals surface area contributed by atoms with E-state index in [0.29, 0.717) is 11.3 Å². The van der Waals surface area contributed by atoms with Gasteiger partial charge in [-0.05, 0) is 29.8 Å². The number of rotatable bonds is 5. The molecule has 0 saturated heterocycles. The normalized spacial score (nSPS) is 10.2. The summed E-state index contributed by atoms with van der Waals surface area (Å²) in [6.45, 7) is -0.0942. The first kappa shape index (κ1) is 13.2. The van der Waals surface area contributed by atoms with Gasteiger partial charge in [-0.15, -0.1) is 0 Å². The highest BCUT2D eigenvalue weighted by molar-refractivity contribution is 5.82. The summed E-state index contributed by atoms with van der Waals surface area (Å²) in [4.78, 5) is 11.6. The van der Waals surface area contributed by atoms with E-state index >= 15 is 0 Å². The molecule has 0 unspecified atom stereocenters. The zero-order valence-electron chi connectivity index (χ0n) is 10.1. The van der Waals surface area contributed by atoms with Crippen LogP contribution in [0.15, 0.2) is 48.5 Å². The van der Waals surface area contributed by atoms with E-state index in [0.717, 1.165) is 12.1 Å². The molecule has 0 fully saturated rings. The molecule has 0 heterocycles. The monoisotopic (exact) mass is 262 g/mol. The van der Waals surface area contributed by atoms with Crippen LogP contribution < -0.4 is 4.74 Å². The Kier molecular flexibility index (Phi) is 4.23. The van der Waals surface area contributed by atoms with Gasteiger partial charge in [0, 0.05) is 6.42 Å². The van der Waals surface area contributed by atoms with Gasteiger partial charge in [0.2, 0.25) is 0 Å². The first-order valence-corrected chi connectivity index (χ1v) is 5.78. The van der Waals surface area contributed by atoms with Crippen LogP contribution in [0.5, 0.6) is 5.75 Å². The Labute approximate surface area is 109 Å². The predicted molar refractivity (Wildman–Crippen MR) is 67.0 cm³/mol. The van der Waals surface area contributed by atoms with Crippen LogP contribution >= 0.6 is 0 Å². The van der Waals surface area contributed by atoms with E-state index < -0.39 is 11.6 Å². The highest BCUT2D eigenvalue weighted by atomic mass is 19.2. The molecular formula is C15H12F2O2. The molecule has 0 spiro atoms. The van der Waals surface area contributed by atoms with Crippen LogP contribution in [0.4, 0.5) is 8.78 Å². The summed E-state index contributed by atoms with van der Waals surface area (Å²) in [6, 6.07) is 12.3. The van der Waals surface area contributed by atoms with Gasteiger partial charge >= 0.3 is 0 Å². The van der Waals surface area contributed by atoms with Crippen molar-refractivity contribution in [2.45, 2.75) is 6.42 Å². The van der Waals surface area contributed by atoms with Gasteiger partial charge in [0.15, 0.2) is 17.4 Å². The van der Waals surface area contributed by atoms with Crippen LogP contribution in [-0.4, -0.2) is 12.4 Å². The fourth-order valence-electron chi connectivity index (χ4n) is 1.61. The maximum atomic E-state index is 13.0. The van der Waals surface area contributed by atoms with Crippen LogP contribution in [0.3, 0.4) is 0 Å². The van der Waals surface area contributed by atoms with Crippen LogP contribution in [-0.2, 0) is 11.2 Å². The molecule has 0 bridgehead atoms. The lowest BCUT2D eigenvalue weighted by Gasteiger charge is -2.05. The number of benzene rings is 2. The van der Waals surface area contributed by atoms with Gasteiger partial charge in [-0.3, -0.25) is 4.79 Å². The molecular weight excluding hydrogens is 250 g/mol. The minimum absolute atomic E-state index is 0.0179. The number of hydrogen-bond acceptors (Lipinski definition) is 2. The fourth-order valence-corrected chi connectivity index (χ4v) is 1.61. The van der Waals surface area contributed by atoms with Crippen LogP contribution in [0.2, 0.25) is 0 Å². The van der Waals surface area contributed by atoms with Gasteiger partial charge in [-0.1, -0.05) is 24.3 Å². The Morgan fingerprint density at radius 3 is 2.42 bits per heavy atom. The third-order valence-electron chi connectivity index (χ3n) is 2.53. The van der Waals surface area contributed by atoms with Gasteiger partial charge in [-0.25, -0.2) is 8.78 Å². The quantitative estimate of drug-likeness (QED) is 0.827. The molecule has 0 amide bonds. The number of ketones is 1. The summed E-state index contributed by atoms with van der Waals surface area (Å²) in [5, 5.41) is 0. The van der Waals surface area contributed by atoms with Crippen molar-refractivity contribution in [2.24, 2.45) is 0 Å². The Bertz CT molecular complexity index is 568. The molecule has 4 heteroatoms. The van der Waals surface area contributed by atoms with Crippen molar-refractivity contribution in [3.05, 3.63) is 65.7 Å². The van der Waals surface area contributed by atoms with Crippen LogP contribution in [0, 0.1) is 11.6 Å². The molecule has 98 valence electrons. The summed E-state index contributed by atoms with van der Waals surface area (Å²) in [5.74, 6) is -1.47. The largest absolute Gasteiger partial charge is 0.486 e. The Morgan fingerprint density at radius 2 is 1.74 bits per heavy atom. The van der Waals surface area contributed by atoms with Crippen LogP contribution in [0.1, 0.15) is 5.56 Å². The van der Waals surface area contributed by atoms with E-state index in [1.807, 2.05) is 6.07 Å².